The molecule has 1 aromatic rings. The van der Waals surface area contributed by atoms with Gasteiger partial charge in [0.1, 0.15) is 0 Å². The fourth-order valence-corrected chi connectivity index (χ4v) is 1.85. The predicted molar refractivity (Wildman–Crippen MR) is 70.6 cm³/mol. The van der Waals surface area contributed by atoms with Crippen molar-refractivity contribution in [3.8, 4) is 11.8 Å². The van der Waals surface area contributed by atoms with Crippen LogP contribution in [0.25, 0.3) is 0 Å². The summed E-state index contributed by atoms with van der Waals surface area (Å²) in [5.41, 5.74) is 3.56. The number of benzene rings is 1. The molecule has 0 radical (unpaired) electrons. The van der Waals surface area contributed by atoms with Gasteiger partial charge < -0.3 is 0 Å². The van der Waals surface area contributed by atoms with Gasteiger partial charge >= 0.3 is 0 Å². The first-order valence-corrected chi connectivity index (χ1v) is 6.27. The Morgan fingerprint density at radius 3 is 2.75 bits per heavy atom. The van der Waals surface area contributed by atoms with E-state index < -0.39 is 0 Å². The van der Waals surface area contributed by atoms with Gasteiger partial charge in [-0.1, -0.05) is 41.3 Å². The van der Waals surface area contributed by atoms with E-state index in [2.05, 4.69) is 43.9 Å². The molecule has 0 aliphatic heterocycles. The molecule has 0 bridgehead atoms. The van der Waals surface area contributed by atoms with Crippen LogP contribution in [-0.4, -0.2) is 10.9 Å². The lowest BCUT2D eigenvalue weighted by Crippen LogP contribution is -1.85. The first-order valence-electron chi connectivity index (χ1n) is 5.29. The Hall–Kier alpha value is -1.20. The molecule has 0 amide bonds. The SMILES string of the molecule is CC(=O)SCCC#Cc1ccc(C)cc1C. The van der Waals surface area contributed by atoms with E-state index in [-0.39, 0.29) is 5.12 Å². The molecule has 2 heteroatoms. The topological polar surface area (TPSA) is 17.1 Å². The maximum Gasteiger partial charge on any atom is 0.185 e. The maximum atomic E-state index is 10.7. The number of thioether (sulfide) groups is 1. The third-order valence-electron chi connectivity index (χ3n) is 2.14. The summed E-state index contributed by atoms with van der Waals surface area (Å²) in [5.74, 6) is 7.02. The molecule has 84 valence electrons. The van der Waals surface area contributed by atoms with Crippen molar-refractivity contribution >= 4 is 16.9 Å². The quantitative estimate of drug-likeness (QED) is 0.574. The highest BCUT2D eigenvalue weighted by molar-refractivity contribution is 8.13. The molecule has 0 unspecified atom stereocenters. The Kier molecular flexibility index (Phi) is 5.14. The summed E-state index contributed by atoms with van der Waals surface area (Å²) in [6.45, 7) is 5.73. The summed E-state index contributed by atoms with van der Waals surface area (Å²) in [5, 5.41) is 0.160. The highest BCUT2D eigenvalue weighted by Crippen LogP contribution is 2.09. The van der Waals surface area contributed by atoms with Crippen molar-refractivity contribution in [1.82, 2.24) is 0 Å². The minimum atomic E-state index is 0.160. The number of hydrogen-bond donors (Lipinski definition) is 0. The summed E-state index contributed by atoms with van der Waals surface area (Å²) < 4.78 is 0. The molecule has 0 spiro atoms. The second-order valence-corrected chi connectivity index (χ2v) is 4.98. The number of aryl methyl sites for hydroxylation is 2. The Bertz CT molecular complexity index is 438. The van der Waals surface area contributed by atoms with Crippen LogP contribution in [0.4, 0.5) is 0 Å². The first kappa shape index (κ1) is 12.9. The van der Waals surface area contributed by atoms with Crippen LogP contribution < -0.4 is 0 Å². The van der Waals surface area contributed by atoms with Crippen LogP contribution in [0.1, 0.15) is 30.0 Å². The Morgan fingerprint density at radius 1 is 1.38 bits per heavy atom. The van der Waals surface area contributed by atoms with Gasteiger partial charge in [0.25, 0.3) is 0 Å². The van der Waals surface area contributed by atoms with E-state index in [1.54, 1.807) is 6.92 Å². The molecule has 0 aromatic heterocycles. The second kappa shape index (κ2) is 6.40. The number of hydrogen-bond acceptors (Lipinski definition) is 2. The normalized spacial score (nSPS) is 9.44. The summed E-state index contributed by atoms with van der Waals surface area (Å²) >= 11 is 1.33. The monoisotopic (exact) mass is 232 g/mol. The van der Waals surface area contributed by atoms with Crippen molar-refractivity contribution in [2.75, 3.05) is 5.75 Å². The van der Waals surface area contributed by atoms with Crippen LogP contribution in [0.2, 0.25) is 0 Å². The highest BCUT2D eigenvalue weighted by Gasteiger charge is 1.94. The molecule has 1 nitrogen and oxygen atoms in total. The number of carbonyl (C=O) groups excluding carboxylic acids is 1. The lowest BCUT2D eigenvalue weighted by molar-refractivity contribution is -0.109. The van der Waals surface area contributed by atoms with E-state index in [0.717, 1.165) is 17.7 Å². The maximum absolute atomic E-state index is 10.7. The van der Waals surface area contributed by atoms with Crippen molar-refractivity contribution in [2.24, 2.45) is 0 Å². The zero-order valence-electron chi connectivity index (χ0n) is 9.96. The van der Waals surface area contributed by atoms with Gasteiger partial charge in [-0.15, -0.1) is 0 Å². The summed E-state index contributed by atoms with van der Waals surface area (Å²) in [6.07, 6.45) is 0.761. The van der Waals surface area contributed by atoms with E-state index in [1.165, 1.54) is 22.9 Å². The Labute approximate surface area is 102 Å². The van der Waals surface area contributed by atoms with Crippen LogP contribution >= 0.6 is 11.8 Å². The minimum absolute atomic E-state index is 0.160. The summed E-state index contributed by atoms with van der Waals surface area (Å²) in [7, 11) is 0. The fraction of sp³-hybridized carbons (Fsp3) is 0.357. The van der Waals surface area contributed by atoms with Gasteiger partial charge in [0.2, 0.25) is 0 Å². The van der Waals surface area contributed by atoms with Crippen molar-refractivity contribution in [1.29, 1.82) is 0 Å². The fourth-order valence-electron chi connectivity index (χ4n) is 1.36. The average Bonchev–Trinajstić information content (AvgIpc) is 2.20. The van der Waals surface area contributed by atoms with E-state index in [1.807, 2.05) is 0 Å². The molecule has 1 aromatic carbocycles. The Morgan fingerprint density at radius 2 is 2.12 bits per heavy atom. The van der Waals surface area contributed by atoms with E-state index >= 15 is 0 Å². The highest BCUT2D eigenvalue weighted by atomic mass is 32.2. The number of carbonyl (C=O) groups is 1. The van der Waals surface area contributed by atoms with Crippen molar-refractivity contribution in [2.45, 2.75) is 27.2 Å². The molecule has 0 saturated heterocycles. The van der Waals surface area contributed by atoms with Gasteiger partial charge in [0.05, 0.1) is 0 Å². The molecule has 0 atom stereocenters. The molecule has 0 aliphatic carbocycles. The first-order chi connectivity index (χ1) is 7.59. The van der Waals surface area contributed by atoms with Gasteiger partial charge in [-0.05, 0) is 25.5 Å². The van der Waals surface area contributed by atoms with Gasteiger partial charge in [-0.3, -0.25) is 4.79 Å². The lowest BCUT2D eigenvalue weighted by Gasteiger charge is -1.98. The summed E-state index contributed by atoms with van der Waals surface area (Å²) in [6, 6.07) is 6.26. The van der Waals surface area contributed by atoms with Gasteiger partial charge in [0, 0.05) is 24.7 Å². The summed E-state index contributed by atoms with van der Waals surface area (Å²) in [4.78, 5) is 10.7. The third kappa shape index (κ3) is 4.55. The minimum Gasteiger partial charge on any atom is -0.288 e. The Balaban J connectivity index is 2.53. The molecule has 0 saturated carbocycles. The molecule has 16 heavy (non-hydrogen) atoms. The molecule has 0 fully saturated rings. The van der Waals surface area contributed by atoms with Crippen LogP contribution in [0, 0.1) is 25.7 Å². The molecule has 0 N–H and O–H groups in total. The average molecular weight is 232 g/mol. The van der Waals surface area contributed by atoms with Crippen molar-refractivity contribution in [3.05, 3.63) is 34.9 Å². The van der Waals surface area contributed by atoms with Gasteiger partial charge in [-0.2, -0.15) is 0 Å². The zero-order valence-corrected chi connectivity index (χ0v) is 10.8. The largest absolute Gasteiger partial charge is 0.288 e. The van der Waals surface area contributed by atoms with Crippen molar-refractivity contribution in [3.63, 3.8) is 0 Å². The number of rotatable bonds is 2. The van der Waals surface area contributed by atoms with Crippen LogP contribution in [0.5, 0.6) is 0 Å². The zero-order chi connectivity index (χ0) is 12.0. The van der Waals surface area contributed by atoms with Gasteiger partial charge in [0.15, 0.2) is 5.12 Å². The van der Waals surface area contributed by atoms with Crippen molar-refractivity contribution < 1.29 is 4.79 Å². The lowest BCUT2D eigenvalue weighted by atomic mass is 10.1. The third-order valence-corrected chi connectivity index (χ3v) is 2.95. The van der Waals surface area contributed by atoms with Gasteiger partial charge in [-0.25, -0.2) is 0 Å². The van der Waals surface area contributed by atoms with Crippen LogP contribution in [0.3, 0.4) is 0 Å². The molecule has 0 heterocycles. The second-order valence-electron chi connectivity index (χ2n) is 3.71. The predicted octanol–water partition coefficient (Wildman–Crippen LogP) is 3.32. The standard InChI is InChI=1S/C14H16OS/c1-11-7-8-14(12(2)10-11)6-4-5-9-16-13(3)15/h7-8,10H,5,9H2,1-3H3. The molecule has 1 rings (SSSR count). The molecular weight excluding hydrogens is 216 g/mol. The molecular formula is C14H16OS. The van der Waals surface area contributed by atoms with E-state index in [9.17, 15) is 4.79 Å². The van der Waals surface area contributed by atoms with Crippen LogP contribution in [-0.2, 0) is 4.79 Å². The smallest absolute Gasteiger partial charge is 0.185 e. The van der Waals surface area contributed by atoms with Crippen LogP contribution in [0.15, 0.2) is 18.2 Å². The molecule has 0 aliphatic rings. The van der Waals surface area contributed by atoms with E-state index in [0.29, 0.717) is 0 Å². The van der Waals surface area contributed by atoms with E-state index in [4.69, 9.17) is 0 Å².